The van der Waals surface area contributed by atoms with Crippen LogP contribution >= 0.6 is 31.9 Å². The van der Waals surface area contributed by atoms with E-state index in [1.807, 2.05) is 0 Å². The van der Waals surface area contributed by atoms with Gasteiger partial charge in [-0.25, -0.2) is 0 Å². The van der Waals surface area contributed by atoms with E-state index in [4.69, 9.17) is 9.47 Å². The first kappa shape index (κ1) is 14.3. The molecule has 1 aliphatic rings. The van der Waals surface area contributed by atoms with Crippen LogP contribution in [-0.2, 0) is 14.8 Å². The van der Waals surface area contributed by atoms with Gasteiger partial charge in [0.05, 0.1) is 0 Å². The number of halogens is 2. The van der Waals surface area contributed by atoms with E-state index in [1.54, 1.807) is 14.2 Å². The number of anilines is 1. The van der Waals surface area contributed by atoms with E-state index in [9.17, 15) is 0 Å². The minimum absolute atomic E-state index is 0.136. The lowest BCUT2D eigenvalue weighted by molar-refractivity contribution is -0.00461. The number of alkyl halides is 1. The average molecular weight is 379 g/mol. The van der Waals surface area contributed by atoms with Crippen LogP contribution in [0, 0.1) is 0 Å². The Kier molecular flexibility index (Phi) is 5.06. The Morgan fingerprint density at radius 1 is 1.22 bits per heavy atom. The van der Waals surface area contributed by atoms with Crippen molar-refractivity contribution in [3.63, 3.8) is 0 Å². The summed E-state index contributed by atoms with van der Waals surface area (Å²) in [5.74, 6) is 0. The molecule has 0 aliphatic carbocycles. The van der Waals surface area contributed by atoms with Crippen molar-refractivity contribution in [3.8, 4) is 0 Å². The molecule has 1 aliphatic heterocycles. The molecule has 0 radical (unpaired) electrons. The fraction of sp³-hybridized carbons (Fsp3) is 0.538. The summed E-state index contributed by atoms with van der Waals surface area (Å²) in [5.41, 5.74) is 2.52. The summed E-state index contributed by atoms with van der Waals surface area (Å²) in [6.07, 6.45) is 0.273. The zero-order chi connectivity index (χ0) is 13.1. The molecule has 1 aromatic carbocycles. The van der Waals surface area contributed by atoms with Gasteiger partial charge in [0.25, 0.3) is 0 Å². The molecule has 0 saturated carbocycles. The van der Waals surface area contributed by atoms with Gasteiger partial charge < -0.3 is 14.4 Å². The summed E-state index contributed by atoms with van der Waals surface area (Å²) >= 11 is 7.07. The van der Waals surface area contributed by atoms with Gasteiger partial charge in [-0.3, -0.25) is 0 Å². The van der Waals surface area contributed by atoms with Crippen molar-refractivity contribution in [3.05, 3.63) is 28.2 Å². The zero-order valence-corrected chi connectivity index (χ0v) is 13.7. The molecule has 100 valence electrons. The lowest BCUT2D eigenvalue weighted by Gasteiger charge is -2.21. The van der Waals surface area contributed by atoms with E-state index < -0.39 is 0 Å². The molecule has 18 heavy (non-hydrogen) atoms. The second-order valence-electron chi connectivity index (χ2n) is 4.36. The molecule has 2 unspecified atom stereocenters. The molecule has 1 aromatic rings. The van der Waals surface area contributed by atoms with Crippen LogP contribution in [0.2, 0.25) is 0 Å². The number of hydrogen-bond acceptors (Lipinski definition) is 3. The fourth-order valence-electron chi connectivity index (χ4n) is 2.34. The Hall–Kier alpha value is -0.100. The standard InChI is InChI=1S/C13H17Br2NO2/c1-17-12-7-16(8-13(12)18-2)11-5-10(15)4-3-9(11)6-14/h3-5,12-13H,6-8H2,1-2H3. The third-order valence-electron chi connectivity index (χ3n) is 3.35. The first-order valence-corrected chi connectivity index (χ1v) is 7.76. The highest BCUT2D eigenvalue weighted by Gasteiger charge is 2.33. The Labute approximate surface area is 125 Å². The van der Waals surface area contributed by atoms with Crippen molar-refractivity contribution in [2.45, 2.75) is 17.5 Å². The number of methoxy groups -OCH3 is 2. The molecular formula is C13H17Br2NO2. The Bertz CT molecular complexity index is 402. The first-order chi connectivity index (χ1) is 8.69. The second kappa shape index (κ2) is 6.37. The number of hydrogen-bond donors (Lipinski definition) is 0. The van der Waals surface area contributed by atoms with E-state index in [-0.39, 0.29) is 12.2 Å². The minimum Gasteiger partial charge on any atom is -0.377 e. The summed E-state index contributed by atoms with van der Waals surface area (Å²) in [6.45, 7) is 1.73. The molecule has 2 rings (SSSR count). The van der Waals surface area contributed by atoms with Gasteiger partial charge in [0.15, 0.2) is 0 Å². The number of rotatable bonds is 4. The topological polar surface area (TPSA) is 21.7 Å². The lowest BCUT2D eigenvalue weighted by atomic mass is 10.2. The van der Waals surface area contributed by atoms with Crippen LogP contribution in [0.5, 0.6) is 0 Å². The Morgan fingerprint density at radius 3 is 2.33 bits per heavy atom. The molecule has 5 heteroatoms. The average Bonchev–Trinajstić information content (AvgIpc) is 2.81. The molecule has 0 N–H and O–H groups in total. The minimum atomic E-state index is 0.136. The first-order valence-electron chi connectivity index (χ1n) is 5.84. The van der Waals surface area contributed by atoms with Crippen LogP contribution in [-0.4, -0.2) is 39.5 Å². The zero-order valence-electron chi connectivity index (χ0n) is 10.5. The Morgan fingerprint density at radius 2 is 1.83 bits per heavy atom. The summed E-state index contributed by atoms with van der Waals surface area (Å²) in [5, 5.41) is 0.849. The van der Waals surface area contributed by atoms with Crippen LogP contribution in [0.4, 0.5) is 5.69 Å². The molecule has 0 spiro atoms. The van der Waals surface area contributed by atoms with E-state index in [0.717, 1.165) is 22.9 Å². The fourth-order valence-corrected chi connectivity index (χ4v) is 3.16. The van der Waals surface area contributed by atoms with Gasteiger partial charge in [-0.1, -0.05) is 37.9 Å². The molecule has 0 amide bonds. The summed E-state index contributed by atoms with van der Waals surface area (Å²) in [7, 11) is 3.49. The number of nitrogens with zero attached hydrogens (tertiary/aromatic N) is 1. The van der Waals surface area contributed by atoms with Gasteiger partial charge in [0.1, 0.15) is 12.2 Å². The molecular weight excluding hydrogens is 362 g/mol. The van der Waals surface area contributed by atoms with Crippen LogP contribution in [0.15, 0.2) is 22.7 Å². The van der Waals surface area contributed by atoms with Crippen molar-refractivity contribution in [1.29, 1.82) is 0 Å². The predicted molar refractivity (Wildman–Crippen MR) is 80.6 cm³/mol. The smallest absolute Gasteiger partial charge is 0.102 e. The van der Waals surface area contributed by atoms with Gasteiger partial charge in [-0.05, 0) is 17.7 Å². The second-order valence-corrected chi connectivity index (χ2v) is 5.84. The van der Waals surface area contributed by atoms with Crippen LogP contribution in [0.1, 0.15) is 5.56 Å². The molecule has 1 saturated heterocycles. The maximum atomic E-state index is 5.48. The van der Waals surface area contributed by atoms with Crippen LogP contribution < -0.4 is 4.90 Å². The van der Waals surface area contributed by atoms with E-state index >= 15 is 0 Å². The van der Waals surface area contributed by atoms with Crippen molar-refractivity contribution in [2.24, 2.45) is 0 Å². The van der Waals surface area contributed by atoms with E-state index in [0.29, 0.717) is 0 Å². The van der Waals surface area contributed by atoms with Crippen molar-refractivity contribution >= 4 is 37.5 Å². The molecule has 2 atom stereocenters. The van der Waals surface area contributed by atoms with Gasteiger partial charge >= 0.3 is 0 Å². The van der Waals surface area contributed by atoms with E-state index in [2.05, 4.69) is 55.0 Å². The SMILES string of the molecule is COC1CN(c2cc(Br)ccc2CBr)CC1OC. The maximum Gasteiger partial charge on any atom is 0.102 e. The number of benzene rings is 1. The molecule has 0 aromatic heterocycles. The highest BCUT2D eigenvalue weighted by molar-refractivity contribution is 9.10. The van der Waals surface area contributed by atoms with Gasteiger partial charge in [-0.15, -0.1) is 0 Å². The predicted octanol–water partition coefficient (Wildman–Crippen LogP) is 3.19. The van der Waals surface area contributed by atoms with Crippen molar-refractivity contribution < 1.29 is 9.47 Å². The third kappa shape index (κ3) is 2.90. The summed E-state index contributed by atoms with van der Waals surface area (Å²) < 4.78 is 12.1. The maximum absolute atomic E-state index is 5.48. The summed E-state index contributed by atoms with van der Waals surface area (Å²) in [6, 6.07) is 6.36. The highest BCUT2D eigenvalue weighted by atomic mass is 79.9. The van der Waals surface area contributed by atoms with Crippen LogP contribution in [0.3, 0.4) is 0 Å². The number of ether oxygens (including phenoxy) is 2. The molecule has 1 heterocycles. The largest absolute Gasteiger partial charge is 0.377 e. The quantitative estimate of drug-likeness (QED) is 0.751. The normalized spacial score (nSPS) is 23.7. The van der Waals surface area contributed by atoms with Crippen LogP contribution in [0.25, 0.3) is 0 Å². The lowest BCUT2D eigenvalue weighted by Crippen LogP contribution is -2.27. The molecule has 1 fully saturated rings. The molecule has 0 bridgehead atoms. The van der Waals surface area contributed by atoms with E-state index in [1.165, 1.54) is 11.3 Å². The van der Waals surface area contributed by atoms with Gasteiger partial charge in [0, 0.05) is 42.8 Å². The Balaban J connectivity index is 2.24. The van der Waals surface area contributed by atoms with Gasteiger partial charge in [-0.2, -0.15) is 0 Å². The third-order valence-corrected chi connectivity index (χ3v) is 4.45. The summed E-state index contributed by atoms with van der Waals surface area (Å²) in [4.78, 5) is 2.32. The highest BCUT2D eigenvalue weighted by Crippen LogP contribution is 2.30. The van der Waals surface area contributed by atoms with Gasteiger partial charge in [0.2, 0.25) is 0 Å². The monoisotopic (exact) mass is 377 g/mol. The molecule has 3 nitrogen and oxygen atoms in total. The van der Waals surface area contributed by atoms with Crippen molar-refractivity contribution in [2.75, 3.05) is 32.2 Å². The van der Waals surface area contributed by atoms with Crippen molar-refractivity contribution in [1.82, 2.24) is 0 Å².